The number of carbonyl (C=O) groups excluding carboxylic acids is 2. The van der Waals surface area contributed by atoms with Crippen molar-refractivity contribution in [1.82, 2.24) is 25.5 Å². The molecule has 0 aliphatic heterocycles. The zero-order valence-corrected chi connectivity index (χ0v) is 15.5. The topological polar surface area (TPSA) is 99.0 Å². The lowest BCUT2D eigenvalue weighted by Crippen LogP contribution is -2.46. The minimum atomic E-state index is -4.50. The highest BCUT2D eigenvalue weighted by Crippen LogP contribution is 2.31. The van der Waals surface area contributed by atoms with Crippen molar-refractivity contribution in [3.8, 4) is 11.4 Å². The quantitative estimate of drug-likeness (QED) is 0.716. The molecule has 0 saturated heterocycles. The standard InChI is InChI=1S/C17H20F3N5O3/c1-4-10(2)14(16(27)28-3)21-13(26)9-25-23-15(22-24-25)11-6-5-7-12(8-11)17(18,19)20/h5-8,10,14H,4,9H2,1-3H3,(H,21,26)/t10-,14+/m0/s1. The Kier molecular flexibility index (Phi) is 6.71. The van der Waals surface area contributed by atoms with Gasteiger partial charge in [-0.1, -0.05) is 32.4 Å². The van der Waals surface area contributed by atoms with Crippen LogP contribution in [0.4, 0.5) is 13.2 Å². The molecule has 0 aliphatic carbocycles. The number of benzene rings is 1. The first-order valence-corrected chi connectivity index (χ1v) is 8.48. The summed E-state index contributed by atoms with van der Waals surface area (Å²) < 4.78 is 43.1. The van der Waals surface area contributed by atoms with Crippen LogP contribution in [0.25, 0.3) is 11.4 Å². The molecule has 1 heterocycles. The second kappa shape index (κ2) is 8.81. The lowest BCUT2D eigenvalue weighted by molar-refractivity contribution is -0.146. The maximum Gasteiger partial charge on any atom is 0.416 e. The van der Waals surface area contributed by atoms with Gasteiger partial charge in [-0.2, -0.15) is 18.0 Å². The Morgan fingerprint density at radius 1 is 1.32 bits per heavy atom. The summed E-state index contributed by atoms with van der Waals surface area (Å²) in [6, 6.07) is 3.65. The Hall–Kier alpha value is -2.98. The minimum Gasteiger partial charge on any atom is -0.467 e. The first kappa shape index (κ1) is 21.3. The predicted molar refractivity (Wildman–Crippen MR) is 91.7 cm³/mol. The van der Waals surface area contributed by atoms with Crippen molar-refractivity contribution >= 4 is 11.9 Å². The SMILES string of the molecule is CC[C@H](C)[C@@H](NC(=O)Cn1nnc(-c2cccc(C(F)(F)F)c2)n1)C(=O)OC. The van der Waals surface area contributed by atoms with Crippen LogP contribution in [0.2, 0.25) is 0 Å². The summed E-state index contributed by atoms with van der Waals surface area (Å²) in [5.74, 6) is -1.33. The molecule has 0 bridgehead atoms. The summed E-state index contributed by atoms with van der Waals surface area (Å²) in [4.78, 5) is 25.0. The van der Waals surface area contributed by atoms with E-state index in [9.17, 15) is 22.8 Å². The molecule has 0 saturated carbocycles. The third-order valence-electron chi connectivity index (χ3n) is 4.17. The average molecular weight is 399 g/mol. The molecule has 28 heavy (non-hydrogen) atoms. The van der Waals surface area contributed by atoms with Crippen LogP contribution in [0.1, 0.15) is 25.8 Å². The highest BCUT2D eigenvalue weighted by Gasteiger charge is 2.31. The molecular formula is C17H20F3N5O3. The van der Waals surface area contributed by atoms with Crippen LogP contribution in [0.3, 0.4) is 0 Å². The molecule has 8 nitrogen and oxygen atoms in total. The van der Waals surface area contributed by atoms with Gasteiger partial charge in [0.25, 0.3) is 0 Å². The molecule has 1 aromatic heterocycles. The van der Waals surface area contributed by atoms with Crippen molar-refractivity contribution in [2.75, 3.05) is 7.11 Å². The summed E-state index contributed by atoms with van der Waals surface area (Å²) in [7, 11) is 1.23. The van der Waals surface area contributed by atoms with E-state index in [-0.39, 0.29) is 23.9 Å². The molecule has 2 atom stereocenters. The highest BCUT2D eigenvalue weighted by molar-refractivity contribution is 5.84. The molecule has 1 N–H and O–H groups in total. The number of nitrogens with one attached hydrogen (secondary N) is 1. The molecule has 2 aromatic rings. The Bertz CT molecular complexity index is 837. The van der Waals surface area contributed by atoms with Crippen LogP contribution in [0.15, 0.2) is 24.3 Å². The van der Waals surface area contributed by atoms with Crippen molar-refractivity contribution in [3.05, 3.63) is 29.8 Å². The fourth-order valence-electron chi connectivity index (χ4n) is 2.40. The van der Waals surface area contributed by atoms with E-state index in [1.165, 1.54) is 19.2 Å². The zero-order valence-electron chi connectivity index (χ0n) is 15.5. The molecule has 2 rings (SSSR count). The van der Waals surface area contributed by atoms with Gasteiger partial charge in [-0.3, -0.25) is 4.79 Å². The van der Waals surface area contributed by atoms with Gasteiger partial charge in [0.2, 0.25) is 11.7 Å². The van der Waals surface area contributed by atoms with Gasteiger partial charge in [0.1, 0.15) is 12.6 Å². The fraction of sp³-hybridized carbons (Fsp3) is 0.471. The maximum absolute atomic E-state index is 12.8. The Labute approximate surface area is 159 Å². The molecule has 152 valence electrons. The van der Waals surface area contributed by atoms with Crippen molar-refractivity contribution < 1.29 is 27.5 Å². The molecule has 0 aliphatic rings. The van der Waals surface area contributed by atoms with Crippen LogP contribution in [0, 0.1) is 5.92 Å². The fourth-order valence-corrected chi connectivity index (χ4v) is 2.40. The van der Waals surface area contributed by atoms with Crippen molar-refractivity contribution in [2.24, 2.45) is 5.92 Å². The van der Waals surface area contributed by atoms with Crippen LogP contribution in [0.5, 0.6) is 0 Å². The predicted octanol–water partition coefficient (Wildman–Crippen LogP) is 2.06. The van der Waals surface area contributed by atoms with Crippen molar-refractivity contribution in [2.45, 2.75) is 39.0 Å². The number of nitrogens with zero attached hydrogens (tertiary/aromatic N) is 4. The number of amides is 1. The van der Waals surface area contributed by atoms with E-state index in [2.05, 4.69) is 20.7 Å². The number of halogens is 3. The van der Waals surface area contributed by atoms with Gasteiger partial charge in [0, 0.05) is 5.56 Å². The van der Waals surface area contributed by atoms with E-state index in [1.807, 2.05) is 6.92 Å². The molecule has 1 amide bonds. The molecular weight excluding hydrogens is 379 g/mol. The monoisotopic (exact) mass is 399 g/mol. The maximum atomic E-state index is 12.8. The number of carbonyl (C=O) groups is 2. The summed E-state index contributed by atoms with van der Waals surface area (Å²) in [6.45, 7) is 3.31. The minimum absolute atomic E-state index is 0.0506. The van der Waals surface area contributed by atoms with Crippen LogP contribution in [-0.2, 0) is 27.0 Å². The summed E-state index contributed by atoms with van der Waals surface area (Å²) in [5.41, 5.74) is -0.720. The third kappa shape index (κ3) is 5.27. The summed E-state index contributed by atoms with van der Waals surface area (Å²) in [5, 5.41) is 13.9. The Morgan fingerprint density at radius 3 is 2.64 bits per heavy atom. The number of ether oxygens (including phenoxy) is 1. The van der Waals surface area contributed by atoms with Crippen LogP contribution in [-0.4, -0.2) is 45.2 Å². The smallest absolute Gasteiger partial charge is 0.416 e. The van der Waals surface area contributed by atoms with Gasteiger partial charge in [-0.25, -0.2) is 4.79 Å². The van der Waals surface area contributed by atoms with Crippen molar-refractivity contribution in [3.63, 3.8) is 0 Å². The molecule has 1 aromatic carbocycles. The lowest BCUT2D eigenvalue weighted by atomic mass is 9.99. The zero-order chi connectivity index (χ0) is 20.9. The van der Waals surface area contributed by atoms with E-state index >= 15 is 0 Å². The molecule has 0 fully saturated rings. The number of hydrogen-bond donors (Lipinski definition) is 1. The average Bonchev–Trinajstić information content (AvgIpc) is 3.12. The largest absolute Gasteiger partial charge is 0.467 e. The van der Waals surface area contributed by atoms with Crippen LogP contribution < -0.4 is 5.32 Å². The molecule has 0 radical (unpaired) electrons. The summed E-state index contributed by atoms with van der Waals surface area (Å²) >= 11 is 0. The number of tetrazole rings is 1. The van der Waals surface area contributed by atoms with Gasteiger partial charge in [-0.05, 0) is 23.3 Å². The van der Waals surface area contributed by atoms with E-state index in [1.54, 1.807) is 6.92 Å². The number of hydrogen-bond acceptors (Lipinski definition) is 6. The Balaban J connectivity index is 2.10. The first-order chi connectivity index (χ1) is 13.2. The van der Waals surface area contributed by atoms with E-state index in [0.717, 1.165) is 16.9 Å². The molecule has 0 unspecified atom stereocenters. The van der Waals surface area contributed by atoms with E-state index in [0.29, 0.717) is 6.42 Å². The second-order valence-corrected chi connectivity index (χ2v) is 6.18. The Morgan fingerprint density at radius 2 is 2.04 bits per heavy atom. The van der Waals surface area contributed by atoms with Gasteiger partial charge in [-0.15, -0.1) is 10.2 Å². The second-order valence-electron chi connectivity index (χ2n) is 6.18. The van der Waals surface area contributed by atoms with Gasteiger partial charge >= 0.3 is 12.1 Å². The normalized spacial score (nSPS) is 13.6. The van der Waals surface area contributed by atoms with Gasteiger partial charge in [0.15, 0.2) is 0 Å². The highest BCUT2D eigenvalue weighted by atomic mass is 19.4. The molecule has 0 spiro atoms. The van der Waals surface area contributed by atoms with Crippen LogP contribution >= 0.6 is 0 Å². The summed E-state index contributed by atoms with van der Waals surface area (Å²) in [6.07, 6.45) is -3.86. The lowest BCUT2D eigenvalue weighted by Gasteiger charge is -2.21. The van der Waals surface area contributed by atoms with Crippen molar-refractivity contribution in [1.29, 1.82) is 0 Å². The van der Waals surface area contributed by atoms with E-state index < -0.39 is 29.7 Å². The first-order valence-electron chi connectivity index (χ1n) is 8.48. The molecule has 11 heteroatoms. The third-order valence-corrected chi connectivity index (χ3v) is 4.17. The number of methoxy groups -OCH3 is 1. The van der Waals surface area contributed by atoms with Gasteiger partial charge in [0.05, 0.1) is 12.7 Å². The number of aromatic nitrogens is 4. The number of esters is 1. The number of alkyl halides is 3. The van der Waals surface area contributed by atoms with Gasteiger partial charge < -0.3 is 10.1 Å². The number of rotatable bonds is 7. The van der Waals surface area contributed by atoms with E-state index in [4.69, 9.17) is 4.74 Å².